The Morgan fingerprint density at radius 1 is 1.19 bits per heavy atom. The smallest absolute Gasteiger partial charge is 0.243 e. The van der Waals surface area contributed by atoms with Crippen molar-refractivity contribution in [1.29, 1.82) is 0 Å². The van der Waals surface area contributed by atoms with Gasteiger partial charge in [0.25, 0.3) is 0 Å². The maximum Gasteiger partial charge on any atom is 0.243 e. The average Bonchev–Trinajstić information content (AvgIpc) is 2.43. The second kappa shape index (κ2) is 7.38. The first-order valence-electron chi connectivity index (χ1n) is 7.49. The number of hydrogen-bond donors (Lipinski definition) is 1. The summed E-state index contributed by atoms with van der Waals surface area (Å²) in [6.45, 7) is 10.5. The number of aryl methyl sites for hydroxylation is 2. The molecule has 4 nitrogen and oxygen atoms in total. The highest BCUT2D eigenvalue weighted by atomic mass is 32.2. The average molecular weight is 313 g/mol. The molecule has 0 spiro atoms. The van der Waals surface area contributed by atoms with Crippen molar-refractivity contribution in [3.8, 4) is 0 Å². The lowest BCUT2D eigenvalue weighted by Crippen LogP contribution is -2.35. The Hall–Kier alpha value is -0.910. The molecule has 0 aromatic heterocycles. The van der Waals surface area contributed by atoms with E-state index in [0.29, 0.717) is 29.5 Å². The number of benzene rings is 1. The first-order valence-corrected chi connectivity index (χ1v) is 8.93. The standard InChI is InChI=1S/C16H27NO3S/c1-6-12(3)10-17(7-2)21(19,20)16-9-15(11-18)13(4)8-14(16)5/h8-9,12,18H,6-7,10-11H2,1-5H3. The zero-order valence-corrected chi connectivity index (χ0v) is 14.5. The molecular formula is C16H27NO3S. The van der Waals surface area contributed by atoms with Crippen molar-refractivity contribution in [2.75, 3.05) is 13.1 Å². The van der Waals surface area contributed by atoms with Gasteiger partial charge in [-0.3, -0.25) is 0 Å². The summed E-state index contributed by atoms with van der Waals surface area (Å²) in [6.07, 6.45) is 0.945. The molecule has 1 aromatic rings. The Bertz CT molecular complexity index is 581. The van der Waals surface area contributed by atoms with Gasteiger partial charge in [0.15, 0.2) is 0 Å². The fourth-order valence-electron chi connectivity index (χ4n) is 2.34. The van der Waals surface area contributed by atoms with Gasteiger partial charge < -0.3 is 5.11 Å². The van der Waals surface area contributed by atoms with Gasteiger partial charge in [-0.25, -0.2) is 8.42 Å². The molecule has 1 unspecified atom stereocenters. The second-order valence-electron chi connectivity index (χ2n) is 5.67. The third kappa shape index (κ3) is 4.05. The lowest BCUT2D eigenvalue weighted by molar-refractivity contribution is 0.280. The van der Waals surface area contributed by atoms with E-state index in [0.717, 1.165) is 17.5 Å². The lowest BCUT2D eigenvalue weighted by atomic mass is 10.1. The summed E-state index contributed by atoms with van der Waals surface area (Å²) in [5.41, 5.74) is 2.31. The van der Waals surface area contributed by atoms with Gasteiger partial charge in [-0.2, -0.15) is 4.31 Å². The second-order valence-corrected chi connectivity index (χ2v) is 7.58. The van der Waals surface area contributed by atoms with Crippen LogP contribution in [0.15, 0.2) is 17.0 Å². The number of aliphatic hydroxyl groups excluding tert-OH is 1. The van der Waals surface area contributed by atoms with Crippen LogP contribution in [0.1, 0.15) is 43.9 Å². The van der Waals surface area contributed by atoms with Gasteiger partial charge in [-0.1, -0.05) is 33.3 Å². The first-order chi connectivity index (χ1) is 9.77. The van der Waals surface area contributed by atoms with Gasteiger partial charge in [0.05, 0.1) is 11.5 Å². The number of hydrogen-bond acceptors (Lipinski definition) is 3. The molecule has 120 valence electrons. The third-order valence-electron chi connectivity index (χ3n) is 3.99. The molecular weight excluding hydrogens is 286 g/mol. The Morgan fingerprint density at radius 2 is 1.81 bits per heavy atom. The minimum absolute atomic E-state index is 0.147. The minimum atomic E-state index is -3.51. The first kappa shape index (κ1) is 18.1. The molecule has 0 fully saturated rings. The SMILES string of the molecule is CCC(C)CN(CC)S(=O)(=O)c1cc(CO)c(C)cc1C. The van der Waals surface area contributed by atoms with Crippen molar-refractivity contribution in [2.45, 2.75) is 52.5 Å². The molecule has 0 radical (unpaired) electrons. The summed E-state index contributed by atoms with van der Waals surface area (Å²) in [5.74, 6) is 0.322. The molecule has 0 aliphatic carbocycles. The van der Waals surface area contributed by atoms with E-state index in [-0.39, 0.29) is 6.61 Å². The van der Waals surface area contributed by atoms with Gasteiger partial charge in [0.1, 0.15) is 0 Å². The third-order valence-corrected chi connectivity index (χ3v) is 6.07. The maximum atomic E-state index is 12.9. The van der Waals surface area contributed by atoms with E-state index in [1.807, 2.05) is 19.9 Å². The molecule has 0 aliphatic rings. The van der Waals surface area contributed by atoms with Crippen LogP contribution in [0, 0.1) is 19.8 Å². The molecule has 1 atom stereocenters. The van der Waals surface area contributed by atoms with Crippen LogP contribution in [0.2, 0.25) is 0 Å². The van der Waals surface area contributed by atoms with Crippen LogP contribution in [0.5, 0.6) is 0 Å². The van der Waals surface area contributed by atoms with Crippen molar-refractivity contribution in [2.24, 2.45) is 5.92 Å². The molecule has 1 N–H and O–H groups in total. The van der Waals surface area contributed by atoms with Crippen molar-refractivity contribution >= 4 is 10.0 Å². The zero-order chi connectivity index (χ0) is 16.2. The summed E-state index contributed by atoms with van der Waals surface area (Å²) in [4.78, 5) is 0.308. The topological polar surface area (TPSA) is 57.6 Å². The summed E-state index contributed by atoms with van der Waals surface area (Å²) in [6, 6.07) is 3.44. The molecule has 0 heterocycles. The van der Waals surface area contributed by atoms with Crippen molar-refractivity contribution in [1.82, 2.24) is 4.31 Å². The highest BCUT2D eigenvalue weighted by Crippen LogP contribution is 2.24. The minimum Gasteiger partial charge on any atom is -0.392 e. The molecule has 0 saturated heterocycles. The van der Waals surface area contributed by atoms with Gasteiger partial charge in [-0.15, -0.1) is 0 Å². The summed E-state index contributed by atoms with van der Waals surface area (Å²) < 4.78 is 27.2. The van der Waals surface area contributed by atoms with Gasteiger partial charge >= 0.3 is 0 Å². The van der Waals surface area contributed by atoms with Crippen LogP contribution in [0.25, 0.3) is 0 Å². The highest BCUT2D eigenvalue weighted by molar-refractivity contribution is 7.89. The molecule has 21 heavy (non-hydrogen) atoms. The van der Waals surface area contributed by atoms with Gasteiger partial charge in [0, 0.05) is 13.1 Å². The fraction of sp³-hybridized carbons (Fsp3) is 0.625. The molecule has 0 amide bonds. The maximum absolute atomic E-state index is 12.9. The van der Waals surface area contributed by atoms with Crippen molar-refractivity contribution in [3.05, 3.63) is 28.8 Å². The fourth-order valence-corrected chi connectivity index (χ4v) is 4.16. The van der Waals surface area contributed by atoms with Gasteiger partial charge in [0.2, 0.25) is 10.0 Å². The van der Waals surface area contributed by atoms with Crippen LogP contribution in [-0.2, 0) is 16.6 Å². The van der Waals surface area contributed by atoms with Crippen LogP contribution in [0.3, 0.4) is 0 Å². The molecule has 0 bridgehead atoms. The molecule has 0 saturated carbocycles. The Morgan fingerprint density at radius 3 is 2.29 bits per heavy atom. The quantitative estimate of drug-likeness (QED) is 0.842. The molecule has 1 rings (SSSR count). The molecule has 5 heteroatoms. The van der Waals surface area contributed by atoms with Crippen LogP contribution < -0.4 is 0 Å². The number of nitrogens with zero attached hydrogens (tertiary/aromatic N) is 1. The van der Waals surface area contributed by atoms with E-state index < -0.39 is 10.0 Å². The molecule has 1 aromatic carbocycles. The van der Waals surface area contributed by atoms with E-state index in [4.69, 9.17) is 0 Å². The highest BCUT2D eigenvalue weighted by Gasteiger charge is 2.26. The normalized spacial score (nSPS) is 13.7. The Kier molecular flexibility index (Phi) is 6.38. The summed E-state index contributed by atoms with van der Waals surface area (Å²) in [7, 11) is -3.51. The Balaban J connectivity index is 3.28. The van der Waals surface area contributed by atoms with Crippen molar-refractivity contribution < 1.29 is 13.5 Å². The van der Waals surface area contributed by atoms with Crippen molar-refractivity contribution in [3.63, 3.8) is 0 Å². The largest absolute Gasteiger partial charge is 0.392 e. The Labute approximate surface area is 128 Å². The van der Waals surface area contributed by atoms with E-state index in [2.05, 4.69) is 13.8 Å². The van der Waals surface area contributed by atoms with E-state index >= 15 is 0 Å². The predicted molar refractivity (Wildman–Crippen MR) is 85.7 cm³/mol. The van der Waals surface area contributed by atoms with Crippen LogP contribution in [0.4, 0.5) is 0 Å². The predicted octanol–water partition coefficient (Wildman–Crippen LogP) is 2.85. The summed E-state index contributed by atoms with van der Waals surface area (Å²) >= 11 is 0. The van der Waals surface area contributed by atoms with Crippen LogP contribution in [-0.4, -0.2) is 30.9 Å². The number of rotatable bonds is 7. The lowest BCUT2D eigenvalue weighted by Gasteiger charge is -2.25. The monoisotopic (exact) mass is 313 g/mol. The van der Waals surface area contributed by atoms with E-state index in [1.165, 1.54) is 4.31 Å². The van der Waals surface area contributed by atoms with E-state index in [1.54, 1.807) is 13.0 Å². The van der Waals surface area contributed by atoms with Crippen LogP contribution >= 0.6 is 0 Å². The summed E-state index contributed by atoms with van der Waals surface area (Å²) in [5, 5.41) is 9.37. The van der Waals surface area contributed by atoms with Gasteiger partial charge in [-0.05, 0) is 42.5 Å². The zero-order valence-electron chi connectivity index (χ0n) is 13.7. The number of sulfonamides is 1. The number of aliphatic hydroxyl groups is 1. The molecule has 0 aliphatic heterocycles. The van der Waals surface area contributed by atoms with E-state index in [9.17, 15) is 13.5 Å².